The van der Waals surface area contributed by atoms with Crippen LogP contribution in [0.4, 0.5) is 4.79 Å². The fraction of sp³-hybridized carbons (Fsp3) is 0.650. The molecule has 4 N–H and O–H groups in total. The minimum Gasteiger partial charge on any atom is -0.466 e. The van der Waals surface area contributed by atoms with Crippen molar-refractivity contribution in [2.75, 3.05) is 40.4 Å². The van der Waals surface area contributed by atoms with Crippen LogP contribution in [0.15, 0.2) is 30.3 Å². The average Bonchev–Trinajstić information content (AvgIpc) is 3.75. The van der Waals surface area contributed by atoms with Crippen LogP contribution < -0.4 is 21.3 Å². The van der Waals surface area contributed by atoms with Gasteiger partial charge in [0.25, 0.3) is 5.91 Å². The zero-order chi connectivity index (χ0) is 41.1. The Bertz CT molecular complexity index is 1600. The van der Waals surface area contributed by atoms with Crippen LogP contribution in [0, 0.1) is 29.6 Å². The summed E-state index contributed by atoms with van der Waals surface area (Å²) in [5, 5.41) is 10.4. The number of hydrogen-bond donors (Lipinski definition) is 4. The minimum absolute atomic E-state index is 0.0687. The number of alkyl carbamates (subject to hydrolysis) is 1. The highest BCUT2D eigenvalue weighted by atomic mass is 16.5. The van der Waals surface area contributed by atoms with E-state index in [-0.39, 0.29) is 43.9 Å². The highest BCUT2D eigenvalue weighted by Gasteiger charge is 2.68. The zero-order valence-corrected chi connectivity index (χ0v) is 33.3. The SMILES string of the molecule is CCCC(NC(=O)[C@@H]1[C@@H]2C(CN1C(=O)[C@@H](NC(=O)OCC(C)C)C1CCCCC1)C2C(=O)OCC)C(=O)C(=O)NCC(=O)NC(C(=O)N(C)C)c1ccccc1. The number of carbonyl (C=O) groups is 8. The van der Waals surface area contributed by atoms with E-state index in [9.17, 15) is 38.4 Å². The number of amides is 6. The lowest BCUT2D eigenvalue weighted by Gasteiger charge is -2.36. The van der Waals surface area contributed by atoms with Gasteiger partial charge >= 0.3 is 12.1 Å². The van der Waals surface area contributed by atoms with Crippen LogP contribution in [0.1, 0.15) is 84.2 Å². The molecular formula is C40H58N6O10. The van der Waals surface area contributed by atoms with Crippen LogP contribution in [0.2, 0.25) is 0 Å². The quantitative estimate of drug-likeness (QED) is 0.126. The van der Waals surface area contributed by atoms with Crippen molar-refractivity contribution in [2.45, 2.75) is 96.8 Å². The molecule has 16 nitrogen and oxygen atoms in total. The van der Waals surface area contributed by atoms with Crippen LogP contribution in [0.3, 0.4) is 0 Å². The summed E-state index contributed by atoms with van der Waals surface area (Å²) in [5.74, 6) is -6.61. The monoisotopic (exact) mass is 782 g/mol. The number of rotatable bonds is 18. The number of ketones is 1. The second kappa shape index (κ2) is 20.2. The summed E-state index contributed by atoms with van der Waals surface area (Å²) < 4.78 is 10.6. The van der Waals surface area contributed by atoms with Crippen LogP contribution in [0.5, 0.6) is 0 Å². The third kappa shape index (κ3) is 11.1. The topological polar surface area (TPSA) is 210 Å². The van der Waals surface area contributed by atoms with Crippen LogP contribution in [0.25, 0.3) is 0 Å². The molecule has 1 aromatic carbocycles. The smallest absolute Gasteiger partial charge is 0.407 e. The molecule has 1 aromatic rings. The number of esters is 1. The van der Waals surface area contributed by atoms with Gasteiger partial charge in [-0.05, 0) is 49.5 Å². The van der Waals surface area contributed by atoms with Crippen molar-refractivity contribution >= 4 is 47.4 Å². The maximum Gasteiger partial charge on any atom is 0.407 e. The lowest BCUT2D eigenvalue weighted by molar-refractivity contribution is -0.149. The number of ether oxygens (including phenoxy) is 2. The van der Waals surface area contributed by atoms with Crippen molar-refractivity contribution in [3.05, 3.63) is 35.9 Å². The number of likely N-dealkylation sites (N-methyl/N-ethyl adjacent to an activating group) is 1. The number of nitrogens with zero attached hydrogens (tertiary/aromatic N) is 2. The van der Waals surface area contributed by atoms with E-state index in [1.165, 1.54) is 9.80 Å². The van der Waals surface area contributed by atoms with Crippen molar-refractivity contribution in [2.24, 2.45) is 29.6 Å². The Morgan fingerprint density at radius 3 is 2.18 bits per heavy atom. The molecule has 4 unspecified atom stereocenters. The molecule has 2 saturated carbocycles. The summed E-state index contributed by atoms with van der Waals surface area (Å²) >= 11 is 0. The van der Waals surface area contributed by atoms with Crippen molar-refractivity contribution in [1.29, 1.82) is 0 Å². The molecule has 2 aliphatic carbocycles. The molecule has 7 atom stereocenters. The summed E-state index contributed by atoms with van der Waals surface area (Å²) in [6, 6.07) is 4.09. The molecule has 0 bridgehead atoms. The first-order valence-corrected chi connectivity index (χ1v) is 19.8. The number of piperidine rings is 1. The van der Waals surface area contributed by atoms with Crippen molar-refractivity contribution in [3.63, 3.8) is 0 Å². The van der Waals surface area contributed by atoms with Gasteiger partial charge < -0.3 is 40.5 Å². The second-order valence-electron chi connectivity index (χ2n) is 15.5. The van der Waals surface area contributed by atoms with Crippen molar-refractivity contribution in [3.8, 4) is 0 Å². The Hall–Kier alpha value is -5.02. The number of Topliss-reactive ketones (excluding diaryl/α,β-unsaturated/α-hetero) is 1. The fourth-order valence-corrected chi connectivity index (χ4v) is 7.79. The Labute approximate surface area is 328 Å². The number of nitrogens with one attached hydrogen (secondary N) is 4. The molecule has 1 saturated heterocycles. The van der Waals surface area contributed by atoms with E-state index >= 15 is 0 Å². The number of likely N-dealkylation sites (tertiary alicyclic amines) is 1. The van der Waals surface area contributed by atoms with E-state index in [0.717, 1.165) is 19.3 Å². The molecule has 308 valence electrons. The second-order valence-corrected chi connectivity index (χ2v) is 15.5. The van der Waals surface area contributed by atoms with Crippen LogP contribution in [-0.2, 0) is 43.0 Å². The van der Waals surface area contributed by atoms with E-state index in [1.807, 2.05) is 13.8 Å². The van der Waals surface area contributed by atoms with E-state index in [2.05, 4.69) is 21.3 Å². The van der Waals surface area contributed by atoms with Gasteiger partial charge in [0.05, 0.1) is 31.7 Å². The summed E-state index contributed by atoms with van der Waals surface area (Å²) in [6.45, 7) is 6.98. The Kier molecular flexibility index (Phi) is 15.8. The zero-order valence-electron chi connectivity index (χ0n) is 33.3. The highest BCUT2D eigenvalue weighted by molar-refractivity contribution is 6.38. The van der Waals surface area contributed by atoms with Crippen molar-refractivity contribution in [1.82, 2.24) is 31.1 Å². The molecule has 3 aliphatic rings. The van der Waals surface area contributed by atoms with Gasteiger partial charge in [0, 0.05) is 26.6 Å². The van der Waals surface area contributed by atoms with Gasteiger partial charge in [-0.25, -0.2) is 4.79 Å². The van der Waals surface area contributed by atoms with Gasteiger partial charge in [-0.1, -0.05) is 76.8 Å². The van der Waals surface area contributed by atoms with E-state index in [0.29, 0.717) is 24.8 Å². The van der Waals surface area contributed by atoms with E-state index in [4.69, 9.17) is 9.47 Å². The summed E-state index contributed by atoms with van der Waals surface area (Å²) in [5.41, 5.74) is 0.530. The van der Waals surface area contributed by atoms with E-state index in [1.54, 1.807) is 58.3 Å². The molecule has 1 aliphatic heterocycles. The first-order valence-electron chi connectivity index (χ1n) is 19.8. The molecule has 0 spiro atoms. The number of carbonyl (C=O) groups excluding carboxylic acids is 8. The number of hydrogen-bond acceptors (Lipinski definition) is 10. The maximum absolute atomic E-state index is 14.4. The minimum atomic E-state index is -1.31. The number of benzene rings is 1. The molecule has 4 rings (SSSR count). The number of fused-ring (bicyclic) bond motifs is 1. The molecule has 1 heterocycles. The Morgan fingerprint density at radius 2 is 1.57 bits per heavy atom. The third-order valence-electron chi connectivity index (χ3n) is 10.6. The fourth-order valence-electron chi connectivity index (χ4n) is 7.79. The van der Waals surface area contributed by atoms with Crippen LogP contribution in [-0.4, -0.2) is 116 Å². The predicted octanol–water partition coefficient (Wildman–Crippen LogP) is 1.87. The molecule has 0 radical (unpaired) electrons. The molecule has 3 fully saturated rings. The summed E-state index contributed by atoms with van der Waals surface area (Å²) in [4.78, 5) is 110. The first kappa shape index (κ1) is 43.7. The van der Waals surface area contributed by atoms with Gasteiger partial charge in [0.15, 0.2) is 0 Å². The molecule has 6 amide bonds. The predicted molar refractivity (Wildman–Crippen MR) is 203 cm³/mol. The Morgan fingerprint density at radius 1 is 0.893 bits per heavy atom. The van der Waals surface area contributed by atoms with Crippen molar-refractivity contribution < 1.29 is 47.8 Å². The third-order valence-corrected chi connectivity index (χ3v) is 10.6. The highest BCUT2D eigenvalue weighted by Crippen LogP contribution is 2.56. The van der Waals surface area contributed by atoms with Crippen LogP contribution >= 0.6 is 0 Å². The van der Waals surface area contributed by atoms with Gasteiger partial charge in [-0.3, -0.25) is 33.6 Å². The Balaban J connectivity index is 1.49. The molecular weight excluding hydrogens is 724 g/mol. The first-order chi connectivity index (χ1) is 26.7. The average molecular weight is 783 g/mol. The van der Waals surface area contributed by atoms with Gasteiger partial charge in [-0.2, -0.15) is 0 Å². The largest absolute Gasteiger partial charge is 0.466 e. The summed E-state index contributed by atoms with van der Waals surface area (Å²) in [7, 11) is 3.09. The molecule has 0 aromatic heterocycles. The molecule has 56 heavy (non-hydrogen) atoms. The summed E-state index contributed by atoms with van der Waals surface area (Å²) in [6.07, 6.45) is 3.89. The van der Waals surface area contributed by atoms with E-state index < -0.39 is 89.9 Å². The standard InChI is InChI=1S/C40H58N6O10/c1-7-15-27(34(48)36(50)41-20-28(47)43-31(37(51)45(5)6)24-16-11-9-12-17-24)42-35(49)33-29-26(30(29)39(53)55-8-2)21-46(33)38(52)32(25-18-13-10-14-19-25)44-40(54)56-22-23(3)4/h9,11-12,16-17,23,25-27,29-33H,7-8,10,13-15,18-22H2,1-6H3,(H,41,50)(H,42,49)(H,43,47)(H,44,54)/t26?,27?,29-,30?,31?,32+,33+/m1/s1. The lowest BCUT2D eigenvalue weighted by Crippen LogP contribution is -2.59. The van der Waals surface area contributed by atoms with Gasteiger partial charge in [-0.15, -0.1) is 0 Å². The maximum atomic E-state index is 14.4. The van der Waals surface area contributed by atoms with Gasteiger partial charge in [0.2, 0.25) is 29.4 Å². The molecule has 16 heteroatoms. The lowest BCUT2D eigenvalue weighted by atomic mass is 9.83. The normalized spacial score (nSPS) is 21.7. The van der Waals surface area contributed by atoms with Gasteiger partial charge in [0.1, 0.15) is 18.1 Å².